The molecule has 2 saturated heterocycles. The summed E-state index contributed by atoms with van der Waals surface area (Å²) in [5.74, 6) is 1.04. The number of H-pyrrole nitrogens is 1. The number of likely N-dealkylation sites (tertiary alicyclic amines) is 1. The Kier molecular flexibility index (Phi) is 7.51. The lowest BCUT2D eigenvalue weighted by molar-refractivity contribution is 0.172. The lowest BCUT2D eigenvalue weighted by Gasteiger charge is -2.35. The van der Waals surface area contributed by atoms with Crippen LogP contribution in [0.15, 0.2) is 66.2 Å². The molecule has 3 heterocycles. The largest absolute Gasteiger partial charge is 0.505 e. The van der Waals surface area contributed by atoms with Gasteiger partial charge in [0.1, 0.15) is 17.3 Å². The molecule has 2 fully saturated rings. The molecule has 0 spiro atoms. The first kappa shape index (κ1) is 28.0. The number of piperidine rings is 1. The Morgan fingerprint density at radius 1 is 1.00 bits per heavy atom. The number of hydrazine groups is 1. The standard InChI is InChI=1S/C34H38FN5O2/c1-20(2)39-13-11-23(12-14-39)26-18-29-24(15-21(26)3)17-30(38-29)33(41)27-19-37-40(34(27)36)25-9-10-31(22(4)16-25)42-32-8-6-5-7-28(32)35/h5-10,15-18,20,23,36-38,41H,11-14,19H2,1-4H3. The number of benzene rings is 3. The number of hydrogen-bond acceptors (Lipinski definition) is 5. The van der Waals surface area contributed by atoms with Crippen LogP contribution >= 0.6 is 0 Å². The third kappa shape index (κ3) is 5.28. The number of hydrogen-bond donors (Lipinski definition) is 4. The van der Waals surface area contributed by atoms with Gasteiger partial charge in [0.25, 0.3) is 0 Å². The minimum absolute atomic E-state index is 0.0619. The van der Waals surface area contributed by atoms with Gasteiger partial charge in [-0.25, -0.2) is 9.82 Å². The maximum atomic E-state index is 14.1. The van der Waals surface area contributed by atoms with E-state index in [1.54, 1.807) is 29.3 Å². The minimum atomic E-state index is -0.426. The fourth-order valence-corrected chi connectivity index (χ4v) is 6.17. The van der Waals surface area contributed by atoms with Crippen LogP contribution in [-0.2, 0) is 0 Å². The third-order valence-corrected chi connectivity index (χ3v) is 8.64. The van der Waals surface area contributed by atoms with Crippen molar-refractivity contribution in [2.75, 3.05) is 24.6 Å². The summed E-state index contributed by atoms with van der Waals surface area (Å²) in [7, 11) is 0. The summed E-state index contributed by atoms with van der Waals surface area (Å²) in [6, 6.07) is 18.7. The molecule has 4 aromatic rings. The summed E-state index contributed by atoms with van der Waals surface area (Å²) in [6.45, 7) is 11.1. The van der Waals surface area contributed by atoms with Crippen molar-refractivity contribution in [3.05, 3.63) is 94.4 Å². The van der Waals surface area contributed by atoms with E-state index in [0.717, 1.165) is 48.1 Å². The molecular weight excluding hydrogens is 529 g/mol. The Balaban J connectivity index is 1.21. The van der Waals surface area contributed by atoms with E-state index < -0.39 is 5.82 Å². The number of nitrogens with one attached hydrogen (secondary N) is 3. The molecule has 42 heavy (non-hydrogen) atoms. The molecule has 6 rings (SSSR count). The van der Waals surface area contributed by atoms with Crippen LogP contribution in [0.4, 0.5) is 10.1 Å². The smallest absolute Gasteiger partial charge is 0.165 e. The summed E-state index contributed by atoms with van der Waals surface area (Å²) < 4.78 is 19.8. The summed E-state index contributed by atoms with van der Waals surface area (Å²) in [4.78, 5) is 5.96. The molecule has 1 aromatic heterocycles. The van der Waals surface area contributed by atoms with E-state index in [2.05, 4.69) is 48.2 Å². The highest BCUT2D eigenvalue weighted by Crippen LogP contribution is 2.35. The molecule has 7 nitrogen and oxygen atoms in total. The van der Waals surface area contributed by atoms with Gasteiger partial charge in [-0.05, 0) is 125 Å². The van der Waals surface area contributed by atoms with Crippen LogP contribution in [-0.4, -0.2) is 46.5 Å². The van der Waals surface area contributed by atoms with E-state index in [1.165, 1.54) is 17.2 Å². The van der Waals surface area contributed by atoms with E-state index in [0.29, 0.717) is 35.5 Å². The first-order chi connectivity index (χ1) is 20.2. The van der Waals surface area contributed by atoms with Crippen LogP contribution in [0.25, 0.3) is 16.7 Å². The van der Waals surface area contributed by atoms with Crippen LogP contribution in [0.5, 0.6) is 11.5 Å². The number of halogens is 1. The average molecular weight is 568 g/mol. The second kappa shape index (κ2) is 11.3. The van der Waals surface area contributed by atoms with E-state index in [1.807, 2.05) is 25.1 Å². The molecule has 2 aliphatic rings. The molecule has 0 aliphatic carbocycles. The second-order valence-corrected chi connectivity index (χ2v) is 11.7. The van der Waals surface area contributed by atoms with Gasteiger partial charge in [-0.15, -0.1) is 0 Å². The SMILES string of the molecule is Cc1cc(N2NCC(=C(O)c3cc4cc(C)c(C5CCN(C(C)C)CC5)cc4[nH]3)C2=N)ccc1Oc1ccccc1F. The van der Waals surface area contributed by atoms with Gasteiger partial charge in [0.05, 0.1) is 17.0 Å². The van der Waals surface area contributed by atoms with Crippen LogP contribution in [0.3, 0.4) is 0 Å². The Morgan fingerprint density at radius 2 is 1.76 bits per heavy atom. The number of para-hydroxylation sites is 1. The van der Waals surface area contributed by atoms with Gasteiger partial charge in [-0.3, -0.25) is 10.4 Å². The van der Waals surface area contributed by atoms with Crippen LogP contribution < -0.4 is 15.2 Å². The van der Waals surface area contributed by atoms with Gasteiger partial charge < -0.3 is 19.7 Å². The molecule has 0 amide bonds. The van der Waals surface area contributed by atoms with E-state index in [-0.39, 0.29) is 17.3 Å². The quantitative estimate of drug-likeness (QED) is 0.181. The predicted molar refractivity (Wildman–Crippen MR) is 167 cm³/mol. The minimum Gasteiger partial charge on any atom is -0.505 e. The van der Waals surface area contributed by atoms with Crippen molar-refractivity contribution >= 4 is 28.2 Å². The number of aliphatic hydroxyl groups is 1. The number of aromatic nitrogens is 1. The van der Waals surface area contributed by atoms with Crippen molar-refractivity contribution in [3.8, 4) is 11.5 Å². The number of rotatable bonds is 6. The first-order valence-electron chi connectivity index (χ1n) is 14.6. The van der Waals surface area contributed by atoms with Crippen molar-refractivity contribution in [1.82, 2.24) is 15.3 Å². The predicted octanol–water partition coefficient (Wildman–Crippen LogP) is 7.58. The van der Waals surface area contributed by atoms with Crippen molar-refractivity contribution in [3.63, 3.8) is 0 Å². The lowest BCUT2D eigenvalue weighted by Crippen LogP contribution is -2.37. The molecule has 4 N–H and O–H groups in total. The highest BCUT2D eigenvalue weighted by atomic mass is 19.1. The number of amidine groups is 1. The second-order valence-electron chi connectivity index (χ2n) is 11.7. The summed E-state index contributed by atoms with van der Waals surface area (Å²) >= 11 is 0. The van der Waals surface area contributed by atoms with Gasteiger partial charge in [0, 0.05) is 23.5 Å². The molecule has 3 aromatic carbocycles. The monoisotopic (exact) mass is 567 g/mol. The van der Waals surface area contributed by atoms with Crippen LogP contribution in [0.1, 0.15) is 55.0 Å². The van der Waals surface area contributed by atoms with Gasteiger partial charge in [-0.2, -0.15) is 0 Å². The number of nitrogens with zero attached hydrogens (tertiary/aromatic N) is 2. The van der Waals surface area contributed by atoms with Crippen molar-refractivity contribution < 1.29 is 14.2 Å². The van der Waals surface area contributed by atoms with Gasteiger partial charge in [0.2, 0.25) is 0 Å². The van der Waals surface area contributed by atoms with Crippen molar-refractivity contribution in [1.29, 1.82) is 5.41 Å². The molecule has 0 bridgehead atoms. The van der Waals surface area contributed by atoms with Gasteiger partial charge >= 0.3 is 0 Å². The molecule has 218 valence electrons. The molecule has 0 unspecified atom stereocenters. The molecular formula is C34H38FN5O2. The van der Waals surface area contributed by atoms with Crippen molar-refractivity contribution in [2.24, 2.45) is 0 Å². The topological polar surface area (TPSA) is 87.6 Å². The summed E-state index contributed by atoms with van der Waals surface area (Å²) in [5, 5.41) is 22.8. The summed E-state index contributed by atoms with van der Waals surface area (Å²) in [5.41, 5.74) is 9.49. The first-order valence-corrected chi connectivity index (χ1v) is 14.6. The number of fused-ring (bicyclic) bond motifs is 1. The Labute approximate surface area is 246 Å². The highest BCUT2D eigenvalue weighted by Gasteiger charge is 2.29. The third-order valence-electron chi connectivity index (χ3n) is 8.64. The number of aryl methyl sites for hydroxylation is 2. The molecule has 2 aliphatic heterocycles. The zero-order chi connectivity index (χ0) is 29.5. The summed E-state index contributed by atoms with van der Waals surface area (Å²) in [6.07, 6.45) is 2.31. The Bertz CT molecular complexity index is 1680. The fraction of sp³-hybridized carbons (Fsp3) is 0.324. The van der Waals surface area contributed by atoms with Gasteiger partial charge in [0.15, 0.2) is 11.6 Å². The number of anilines is 1. The van der Waals surface area contributed by atoms with E-state index in [4.69, 9.17) is 10.1 Å². The fourth-order valence-electron chi connectivity index (χ4n) is 6.17. The average Bonchev–Trinajstić information content (AvgIpc) is 3.57. The molecule has 8 heteroatoms. The normalized spacial score (nSPS) is 18.0. The molecule has 0 radical (unpaired) electrons. The number of aromatic amines is 1. The van der Waals surface area contributed by atoms with Crippen molar-refractivity contribution in [2.45, 2.75) is 52.5 Å². The van der Waals surface area contributed by atoms with Gasteiger partial charge in [-0.1, -0.05) is 12.1 Å². The molecule has 0 saturated carbocycles. The zero-order valence-corrected chi connectivity index (χ0v) is 24.6. The Hall–Kier alpha value is -4.14. The maximum Gasteiger partial charge on any atom is 0.165 e. The highest BCUT2D eigenvalue weighted by molar-refractivity contribution is 6.13. The Morgan fingerprint density at radius 3 is 2.48 bits per heavy atom. The van der Waals surface area contributed by atoms with E-state index in [9.17, 15) is 9.50 Å². The molecule has 0 atom stereocenters. The zero-order valence-electron chi connectivity index (χ0n) is 24.6. The van der Waals surface area contributed by atoms with E-state index >= 15 is 0 Å². The lowest BCUT2D eigenvalue weighted by atomic mass is 9.86. The van der Waals surface area contributed by atoms with Crippen LogP contribution in [0, 0.1) is 25.1 Å². The number of aliphatic hydroxyl groups excluding tert-OH is 1. The maximum absolute atomic E-state index is 14.1. The van der Waals surface area contributed by atoms with Crippen LogP contribution in [0.2, 0.25) is 0 Å². The number of ether oxygens (including phenoxy) is 1.